The zero-order chi connectivity index (χ0) is 18.1. The molecule has 0 saturated carbocycles. The van der Waals surface area contributed by atoms with Crippen LogP contribution in [0.15, 0.2) is 54.7 Å². The van der Waals surface area contributed by atoms with Crippen molar-refractivity contribution in [3.05, 3.63) is 76.6 Å². The van der Waals surface area contributed by atoms with Crippen molar-refractivity contribution in [3.8, 4) is 0 Å². The molecule has 26 heavy (non-hydrogen) atoms. The smallest absolute Gasteiger partial charge is 0.274 e. The van der Waals surface area contributed by atoms with E-state index in [-0.39, 0.29) is 5.91 Å². The summed E-state index contributed by atoms with van der Waals surface area (Å²) in [5.74, 6) is 0.266. The second kappa shape index (κ2) is 6.77. The van der Waals surface area contributed by atoms with Crippen LogP contribution in [0.4, 0.5) is 17.3 Å². The number of para-hydroxylation sites is 1. The van der Waals surface area contributed by atoms with Gasteiger partial charge in [-0.25, -0.2) is 9.97 Å². The summed E-state index contributed by atoms with van der Waals surface area (Å²) in [6, 6.07) is 15.1. The lowest BCUT2D eigenvalue weighted by atomic mass is 10.2. The van der Waals surface area contributed by atoms with Crippen LogP contribution in [0.2, 0.25) is 5.02 Å². The van der Waals surface area contributed by atoms with Crippen LogP contribution in [0.1, 0.15) is 21.6 Å². The van der Waals surface area contributed by atoms with Crippen LogP contribution in [-0.4, -0.2) is 22.4 Å². The number of halogens is 1. The van der Waals surface area contributed by atoms with Crippen molar-refractivity contribution in [2.75, 3.05) is 16.8 Å². The van der Waals surface area contributed by atoms with E-state index >= 15 is 0 Å². The standard InChI is InChI=1S/C20H17ClN4O/c1-13-12-15(21)6-7-16(13)23-19(26)17-8-10-22-20(24-17)25-11-9-14-4-2-3-5-18(14)25/h2-8,10,12H,9,11H2,1H3,(H,23,26). The molecule has 1 aliphatic rings. The quantitative estimate of drug-likeness (QED) is 0.749. The van der Waals surface area contributed by atoms with Gasteiger partial charge in [-0.05, 0) is 54.8 Å². The van der Waals surface area contributed by atoms with Gasteiger partial charge in [0.05, 0.1) is 0 Å². The third kappa shape index (κ3) is 3.13. The van der Waals surface area contributed by atoms with Crippen molar-refractivity contribution in [1.29, 1.82) is 0 Å². The van der Waals surface area contributed by atoms with Gasteiger partial charge in [0.15, 0.2) is 0 Å². The molecule has 130 valence electrons. The molecule has 0 fully saturated rings. The number of rotatable bonds is 3. The van der Waals surface area contributed by atoms with E-state index in [1.165, 1.54) is 5.56 Å². The van der Waals surface area contributed by atoms with E-state index in [9.17, 15) is 4.79 Å². The first-order chi connectivity index (χ1) is 12.6. The summed E-state index contributed by atoms with van der Waals surface area (Å²) in [5, 5.41) is 3.52. The van der Waals surface area contributed by atoms with Crippen LogP contribution in [0.25, 0.3) is 0 Å². The molecule has 1 aliphatic heterocycles. The van der Waals surface area contributed by atoms with Crippen molar-refractivity contribution >= 4 is 34.8 Å². The lowest BCUT2D eigenvalue weighted by Crippen LogP contribution is -2.20. The van der Waals surface area contributed by atoms with Crippen LogP contribution >= 0.6 is 11.6 Å². The summed E-state index contributed by atoms with van der Waals surface area (Å²) in [6.45, 7) is 2.70. The molecule has 0 spiro atoms. The summed E-state index contributed by atoms with van der Waals surface area (Å²) in [6.07, 6.45) is 2.56. The highest BCUT2D eigenvalue weighted by Gasteiger charge is 2.22. The van der Waals surface area contributed by atoms with Crippen LogP contribution in [0.5, 0.6) is 0 Å². The predicted octanol–water partition coefficient (Wildman–Crippen LogP) is 4.38. The van der Waals surface area contributed by atoms with Gasteiger partial charge in [-0.15, -0.1) is 0 Å². The maximum atomic E-state index is 12.6. The van der Waals surface area contributed by atoms with Crippen molar-refractivity contribution in [3.63, 3.8) is 0 Å². The maximum Gasteiger partial charge on any atom is 0.274 e. The number of benzene rings is 2. The molecule has 0 atom stereocenters. The Morgan fingerprint density at radius 1 is 1.19 bits per heavy atom. The molecule has 2 heterocycles. The first kappa shape index (κ1) is 16.5. The molecule has 0 bridgehead atoms. The summed E-state index contributed by atoms with van der Waals surface area (Å²) >= 11 is 5.97. The molecular formula is C20H17ClN4O. The minimum atomic E-state index is -0.272. The number of hydrogen-bond donors (Lipinski definition) is 1. The Hall–Kier alpha value is -2.92. The molecule has 0 radical (unpaired) electrons. The number of nitrogens with one attached hydrogen (secondary N) is 1. The van der Waals surface area contributed by atoms with Crippen LogP contribution in [0, 0.1) is 6.92 Å². The Morgan fingerprint density at radius 3 is 2.88 bits per heavy atom. The van der Waals surface area contributed by atoms with E-state index in [1.807, 2.05) is 30.0 Å². The topological polar surface area (TPSA) is 58.1 Å². The number of aromatic nitrogens is 2. The summed E-state index contributed by atoms with van der Waals surface area (Å²) < 4.78 is 0. The van der Waals surface area contributed by atoms with Gasteiger partial charge in [-0.2, -0.15) is 0 Å². The first-order valence-corrected chi connectivity index (χ1v) is 8.75. The Morgan fingerprint density at radius 2 is 2.04 bits per heavy atom. The van der Waals surface area contributed by atoms with E-state index in [0.29, 0.717) is 22.4 Å². The number of hydrogen-bond acceptors (Lipinski definition) is 4. The summed E-state index contributed by atoms with van der Waals surface area (Å²) in [7, 11) is 0. The average Bonchev–Trinajstić information content (AvgIpc) is 3.08. The number of fused-ring (bicyclic) bond motifs is 1. The molecule has 4 rings (SSSR count). The third-order valence-corrected chi connectivity index (χ3v) is 4.68. The van der Waals surface area contributed by atoms with Gasteiger partial charge in [0.2, 0.25) is 5.95 Å². The molecule has 0 saturated heterocycles. The van der Waals surface area contributed by atoms with Crippen LogP contribution in [0.3, 0.4) is 0 Å². The number of aryl methyl sites for hydroxylation is 1. The normalized spacial score (nSPS) is 12.8. The Kier molecular flexibility index (Phi) is 4.31. The Labute approximate surface area is 156 Å². The number of nitrogens with zero attached hydrogens (tertiary/aromatic N) is 3. The minimum absolute atomic E-state index is 0.272. The molecule has 1 N–H and O–H groups in total. The second-order valence-electron chi connectivity index (χ2n) is 6.19. The summed E-state index contributed by atoms with van der Waals surface area (Å²) in [4.78, 5) is 23.5. The van der Waals surface area contributed by atoms with Gasteiger partial charge in [0.1, 0.15) is 5.69 Å². The molecule has 0 unspecified atom stereocenters. The van der Waals surface area contributed by atoms with Gasteiger partial charge >= 0.3 is 0 Å². The zero-order valence-corrected chi connectivity index (χ0v) is 15.0. The molecule has 5 nitrogen and oxygen atoms in total. The van der Waals surface area contributed by atoms with Crippen molar-refractivity contribution < 1.29 is 4.79 Å². The fourth-order valence-electron chi connectivity index (χ4n) is 3.10. The lowest BCUT2D eigenvalue weighted by molar-refractivity contribution is 0.102. The molecule has 2 aromatic carbocycles. The third-order valence-electron chi connectivity index (χ3n) is 4.44. The predicted molar refractivity (Wildman–Crippen MR) is 103 cm³/mol. The van der Waals surface area contributed by atoms with Gasteiger partial charge < -0.3 is 10.2 Å². The zero-order valence-electron chi connectivity index (χ0n) is 14.2. The van der Waals surface area contributed by atoms with E-state index in [1.54, 1.807) is 24.4 Å². The van der Waals surface area contributed by atoms with E-state index in [2.05, 4.69) is 27.4 Å². The first-order valence-electron chi connectivity index (χ1n) is 8.38. The van der Waals surface area contributed by atoms with Gasteiger partial charge in [0, 0.05) is 29.1 Å². The fraction of sp³-hybridized carbons (Fsp3) is 0.150. The van der Waals surface area contributed by atoms with Crippen molar-refractivity contribution in [2.45, 2.75) is 13.3 Å². The average molecular weight is 365 g/mol. The van der Waals surface area contributed by atoms with E-state index in [0.717, 1.165) is 24.2 Å². The second-order valence-corrected chi connectivity index (χ2v) is 6.62. The number of carbonyl (C=O) groups is 1. The monoisotopic (exact) mass is 364 g/mol. The molecule has 1 aromatic heterocycles. The van der Waals surface area contributed by atoms with Crippen LogP contribution in [-0.2, 0) is 6.42 Å². The lowest BCUT2D eigenvalue weighted by Gasteiger charge is -2.17. The highest BCUT2D eigenvalue weighted by molar-refractivity contribution is 6.30. The molecular weight excluding hydrogens is 348 g/mol. The van der Waals surface area contributed by atoms with E-state index < -0.39 is 0 Å². The number of amides is 1. The Bertz CT molecular complexity index is 989. The molecule has 1 amide bonds. The van der Waals surface area contributed by atoms with Gasteiger partial charge in [-0.1, -0.05) is 29.8 Å². The highest BCUT2D eigenvalue weighted by atomic mass is 35.5. The van der Waals surface area contributed by atoms with Crippen molar-refractivity contribution in [2.24, 2.45) is 0 Å². The van der Waals surface area contributed by atoms with Crippen molar-refractivity contribution in [1.82, 2.24) is 9.97 Å². The molecule has 0 aliphatic carbocycles. The van der Waals surface area contributed by atoms with E-state index in [4.69, 9.17) is 11.6 Å². The van der Waals surface area contributed by atoms with Crippen LogP contribution < -0.4 is 10.2 Å². The summed E-state index contributed by atoms with van der Waals surface area (Å²) in [5.41, 5.74) is 4.30. The minimum Gasteiger partial charge on any atom is -0.320 e. The largest absolute Gasteiger partial charge is 0.320 e. The number of carbonyl (C=O) groups excluding carboxylic acids is 1. The molecule has 6 heteroatoms. The molecule has 3 aromatic rings. The fourth-order valence-corrected chi connectivity index (χ4v) is 3.33. The van der Waals surface area contributed by atoms with Gasteiger partial charge in [0.25, 0.3) is 5.91 Å². The highest BCUT2D eigenvalue weighted by Crippen LogP contribution is 2.32. The number of anilines is 3. The maximum absolute atomic E-state index is 12.6. The van der Waals surface area contributed by atoms with Gasteiger partial charge in [-0.3, -0.25) is 4.79 Å². The SMILES string of the molecule is Cc1cc(Cl)ccc1NC(=O)c1ccnc(N2CCc3ccccc32)n1. The Balaban J connectivity index is 1.59.